The Labute approximate surface area is 149 Å². The maximum atomic E-state index is 12.4. The number of sulfonamides is 1. The standard InChI is InChI=1S/C15H14ClN5O3S/c1-9-11(16)2-3-12(14(9)22)25(23,24)18-8-13-19-15(21-20-13)10-4-6-17-7-5-10/h2-7,18,22H,8H2,1H3,(H,19,20,21). The normalized spacial score (nSPS) is 11.6. The van der Waals surface area contributed by atoms with Gasteiger partial charge in [0.25, 0.3) is 0 Å². The molecule has 8 nitrogen and oxygen atoms in total. The number of hydrogen-bond donors (Lipinski definition) is 3. The van der Waals surface area contributed by atoms with E-state index in [0.717, 1.165) is 5.56 Å². The molecule has 0 amide bonds. The molecule has 0 fully saturated rings. The summed E-state index contributed by atoms with van der Waals surface area (Å²) in [6.45, 7) is 1.43. The Kier molecular flexibility index (Phi) is 4.71. The van der Waals surface area contributed by atoms with Gasteiger partial charge in [-0.2, -0.15) is 5.10 Å². The summed E-state index contributed by atoms with van der Waals surface area (Å²) in [6, 6.07) is 6.15. The van der Waals surface area contributed by atoms with Crippen LogP contribution >= 0.6 is 11.6 Å². The number of phenolic OH excluding ortho intramolecular Hbond substituents is 1. The molecular formula is C15H14ClN5O3S. The Bertz CT molecular complexity index is 1010. The van der Waals surface area contributed by atoms with E-state index in [1.807, 2.05) is 0 Å². The summed E-state index contributed by atoms with van der Waals surface area (Å²) in [5, 5.41) is 17.0. The van der Waals surface area contributed by atoms with Crippen LogP contribution in [0.4, 0.5) is 0 Å². The molecule has 0 aliphatic heterocycles. The molecule has 0 atom stereocenters. The molecule has 0 aliphatic carbocycles. The number of halogens is 1. The van der Waals surface area contributed by atoms with Gasteiger partial charge in [0.05, 0.1) is 6.54 Å². The summed E-state index contributed by atoms with van der Waals surface area (Å²) in [5.41, 5.74) is 1.05. The second-order valence-corrected chi connectivity index (χ2v) is 7.33. The van der Waals surface area contributed by atoms with Crippen molar-refractivity contribution in [3.8, 4) is 17.1 Å². The van der Waals surface area contributed by atoms with E-state index in [4.69, 9.17) is 11.6 Å². The van der Waals surface area contributed by atoms with Crippen molar-refractivity contribution in [2.75, 3.05) is 0 Å². The number of H-pyrrole nitrogens is 1. The molecule has 0 saturated carbocycles. The third-order valence-electron chi connectivity index (χ3n) is 3.52. The number of aromatic amines is 1. The van der Waals surface area contributed by atoms with Crippen LogP contribution in [0.2, 0.25) is 5.02 Å². The average Bonchev–Trinajstić information content (AvgIpc) is 3.08. The third kappa shape index (κ3) is 3.63. The van der Waals surface area contributed by atoms with E-state index in [-0.39, 0.29) is 22.2 Å². The molecule has 1 aromatic carbocycles. The lowest BCUT2D eigenvalue weighted by Gasteiger charge is -2.10. The highest BCUT2D eigenvalue weighted by Crippen LogP contribution is 2.31. The van der Waals surface area contributed by atoms with Crippen LogP contribution in [0.1, 0.15) is 11.4 Å². The largest absolute Gasteiger partial charge is 0.506 e. The van der Waals surface area contributed by atoms with Crippen LogP contribution < -0.4 is 4.72 Å². The van der Waals surface area contributed by atoms with E-state index in [2.05, 4.69) is 24.9 Å². The molecule has 0 radical (unpaired) electrons. The third-order valence-corrected chi connectivity index (χ3v) is 5.36. The predicted molar refractivity (Wildman–Crippen MR) is 91.5 cm³/mol. The molecule has 0 bridgehead atoms. The Hall–Kier alpha value is -2.49. The number of nitrogens with one attached hydrogen (secondary N) is 2. The number of aromatic hydroxyl groups is 1. The Morgan fingerprint density at radius 2 is 1.96 bits per heavy atom. The summed E-state index contributed by atoms with van der Waals surface area (Å²) in [7, 11) is -3.94. The molecule has 3 N–H and O–H groups in total. The maximum Gasteiger partial charge on any atom is 0.244 e. The molecular weight excluding hydrogens is 366 g/mol. The number of phenols is 1. The minimum atomic E-state index is -3.94. The molecule has 10 heteroatoms. The number of pyridine rings is 1. The summed E-state index contributed by atoms with van der Waals surface area (Å²) in [5.74, 6) is 0.386. The fraction of sp³-hybridized carbons (Fsp3) is 0.133. The predicted octanol–water partition coefficient (Wildman–Crippen LogP) is 2.01. The highest BCUT2D eigenvalue weighted by Gasteiger charge is 2.21. The Morgan fingerprint density at radius 1 is 1.24 bits per heavy atom. The van der Waals surface area contributed by atoms with Gasteiger partial charge in [-0.15, -0.1) is 0 Å². The van der Waals surface area contributed by atoms with Crippen molar-refractivity contribution >= 4 is 21.6 Å². The second kappa shape index (κ2) is 6.79. The minimum absolute atomic E-state index is 0.110. The molecule has 0 unspecified atom stereocenters. The van der Waals surface area contributed by atoms with Crippen molar-refractivity contribution in [3.63, 3.8) is 0 Å². The van der Waals surface area contributed by atoms with Gasteiger partial charge in [-0.25, -0.2) is 18.1 Å². The second-order valence-electron chi connectivity index (χ2n) is 5.19. The highest BCUT2D eigenvalue weighted by molar-refractivity contribution is 7.89. The molecule has 2 heterocycles. The zero-order chi connectivity index (χ0) is 18.0. The molecule has 3 aromatic rings. The van der Waals surface area contributed by atoms with Crippen LogP contribution in [-0.4, -0.2) is 33.7 Å². The molecule has 0 aliphatic rings. The van der Waals surface area contributed by atoms with Crippen molar-refractivity contribution in [3.05, 3.63) is 53.1 Å². The quantitative estimate of drug-likeness (QED) is 0.623. The van der Waals surface area contributed by atoms with Gasteiger partial charge in [0.15, 0.2) is 5.82 Å². The molecule has 3 rings (SSSR count). The van der Waals surface area contributed by atoms with Crippen molar-refractivity contribution in [2.24, 2.45) is 0 Å². The first-order chi connectivity index (χ1) is 11.9. The van der Waals surface area contributed by atoms with Crippen LogP contribution in [0.15, 0.2) is 41.6 Å². The zero-order valence-corrected chi connectivity index (χ0v) is 14.6. The molecule has 25 heavy (non-hydrogen) atoms. The zero-order valence-electron chi connectivity index (χ0n) is 13.1. The van der Waals surface area contributed by atoms with Gasteiger partial charge in [-0.3, -0.25) is 10.1 Å². The Morgan fingerprint density at radius 3 is 2.68 bits per heavy atom. The van der Waals surface area contributed by atoms with Crippen molar-refractivity contribution in [2.45, 2.75) is 18.4 Å². The lowest BCUT2D eigenvalue weighted by atomic mass is 10.2. The summed E-state index contributed by atoms with van der Waals surface area (Å²) in [6.07, 6.45) is 3.22. The summed E-state index contributed by atoms with van der Waals surface area (Å²) >= 11 is 5.87. The lowest BCUT2D eigenvalue weighted by Crippen LogP contribution is -2.24. The topological polar surface area (TPSA) is 121 Å². The van der Waals surface area contributed by atoms with Crippen molar-refractivity contribution in [1.82, 2.24) is 24.9 Å². The summed E-state index contributed by atoms with van der Waals surface area (Å²) in [4.78, 5) is 7.89. The molecule has 0 spiro atoms. The van der Waals surface area contributed by atoms with E-state index in [1.54, 1.807) is 24.5 Å². The first-order valence-corrected chi connectivity index (χ1v) is 9.04. The van der Waals surface area contributed by atoms with Crippen LogP contribution in [0.3, 0.4) is 0 Å². The number of hydrogen-bond acceptors (Lipinski definition) is 6. The van der Waals surface area contributed by atoms with E-state index in [0.29, 0.717) is 17.2 Å². The average molecular weight is 380 g/mol. The molecule has 2 aromatic heterocycles. The number of rotatable bonds is 5. The Balaban J connectivity index is 1.77. The van der Waals surface area contributed by atoms with Gasteiger partial charge in [0, 0.05) is 28.5 Å². The molecule has 130 valence electrons. The fourth-order valence-electron chi connectivity index (χ4n) is 2.11. The monoisotopic (exact) mass is 379 g/mol. The number of benzene rings is 1. The smallest absolute Gasteiger partial charge is 0.244 e. The first kappa shape index (κ1) is 17.3. The van der Waals surface area contributed by atoms with E-state index < -0.39 is 10.0 Å². The maximum absolute atomic E-state index is 12.4. The van der Waals surface area contributed by atoms with Gasteiger partial charge >= 0.3 is 0 Å². The van der Waals surface area contributed by atoms with Crippen LogP contribution in [0.5, 0.6) is 5.75 Å². The van der Waals surface area contributed by atoms with Crippen LogP contribution in [0, 0.1) is 6.92 Å². The van der Waals surface area contributed by atoms with Gasteiger partial charge in [0.1, 0.15) is 16.5 Å². The number of aromatic nitrogens is 4. The fourth-order valence-corrected chi connectivity index (χ4v) is 3.40. The van der Waals surface area contributed by atoms with Crippen LogP contribution in [0.25, 0.3) is 11.4 Å². The van der Waals surface area contributed by atoms with Crippen LogP contribution in [-0.2, 0) is 16.6 Å². The van der Waals surface area contributed by atoms with Gasteiger partial charge < -0.3 is 5.11 Å². The van der Waals surface area contributed by atoms with Gasteiger partial charge in [-0.05, 0) is 31.2 Å². The van der Waals surface area contributed by atoms with E-state index >= 15 is 0 Å². The number of nitrogens with zero attached hydrogens (tertiary/aromatic N) is 3. The first-order valence-electron chi connectivity index (χ1n) is 7.18. The van der Waals surface area contributed by atoms with Crippen molar-refractivity contribution in [1.29, 1.82) is 0 Å². The minimum Gasteiger partial charge on any atom is -0.506 e. The van der Waals surface area contributed by atoms with Crippen molar-refractivity contribution < 1.29 is 13.5 Å². The van der Waals surface area contributed by atoms with E-state index in [1.165, 1.54) is 19.1 Å². The SMILES string of the molecule is Cc1c(Cl)ccc(S(=O)(=O)NCc2nc(-c3ccncc3)n[nH]2)c1O. The summed E-state index contributed by atoms with van der Waals surface area (Å²) < 4.78 is 27.1. The van der Waals surface area contributed by atoms with Gasteiger partial charge in [0.2, 0.25) is 10.0 Å². The molecule has 0 saturated heterocycles. The highest BCUT2D eigenvalue weighted by atomic mass is 35.5. The lowest BCUT2D eigenvalue weighted by molar-refractivity contribution is 0.453. The van der Waals surface area contributed by atoms with E-state index in [9.17, 15) is 13.5 Å². The van der Waals surface area contributed by atoms with Gasteiger partial charge in [-0.1, -0.05) is 11.6 Å².